The van der Waals surface area contributed by atoms with Crippen LogP contribution in [-0.2, 0) is 11.3 Å². The van der Waals surface area contributed by atoms with Gasteiger partial charge < -0.3 is 24.7 Å². The molecule has 4 rings (SSSR count). The smallest absolute Gasteiger partial charge is 0.191 e. The second-order valence-electron chi connectivity index (χ2n) is 7.94. The summed E-state index contributed by atoms with van der Waals surface area (Å²) < 4.78 is 11.2. The minimum atomic E-state index is 0. The van der Waals surface area contributed by atoms with Crippen molar-refractivity contribution in [3.05, 3.63) is 48.0 Å². The van der Waals surface area contributed by atoms with E-state index in [4.69, 9.17) is 14.1 Å². The molecule has 0 radical (unpaired) electrons. The van der Waals surface area contributed by atoms with Crippen LogP contribution in [0.15, 0.2) is 46.1 Å². The average Bonchev–Trinajstić information content (AvgIpc) is 3.54. The van der Waals surface area contributed by atoms with Gasteiger partial charge in [-0.15, -0.1) is 24.0 Å². The lowest BCUT2D eigenvalue weighted by Crippen LogP contribution is -2.42. The summed E-state index contributed by atoms with van der Waals surface area (Å²) >= 11 is 0. The number of likely N-dealkylation sites (tertiary alicyclic amines) is 1. The first-order valence-electron chi connectivity index (χ1n) is 11.4. The van der Waals surface area contributed by atoms with Crippen molar-refractivity contribution in [1.29, 1.82) is 0 Å². The summed E-state index contributed by atoms with van der Waals surface area (Å²) in [5.41, 5.74) is 1.13. The number of rotatable bonds is 8. The molecular weight excluding hydrogens is 519 g/mol. The second kappa shape index (κ2) is 13.0. The molecule has 0 amide bonds. The van der Waals surface area contributed by atoms with Gasteiger partial charge in [-0.25, -0.2) is 9.98 Å². The fourth-order valence-electron chi connectivity index (χ4n) is 4.26. The van der Waals surface area contributed by atoms with Crippen molar-refractivity contribution in [3.8, 4) is 0 Å². The lowest BCUT2D eigenvalue weighted by molar-refractivity contribution is 0.122. The molecule has 0 aliphatic carbocycles. The normalized spacial score (nSPS) is 18.3. The first-order chi connectivity index (χ1) is 15.3. The number of furan rings is 1. The van der Waals surface area contributed by atoms with E-state index in [-0.39, 0.29) is 30.0 Å². The molecule has 8 nitrogen and oxygen atoms in total. The van der Waals surface area contributed by atoms with Crippen LogP contribution in [0.5, 0.6) is 0 Å². The van der Waals surface area contributed by atoms with Gasteiger partial charge >= 0.3 is 0 Å². The van der Waals surface area contributed by atoms with Crippen LogP contribution in [0.1, 0.15) is 37.1 Å². The number of morpholine rings is 1. The van der Waals surface area contributed by atoms with E-state index in [9.17, 15) is 0 Å². The van der Waals surface area contributed by atoms with Crippen molar-refractivity contribution in [2.45, 2.75) is 32.4 Å². The largest absolute Gasteiger partial charge is 0.468 e. The number of ether oxygens (including phenoxy) is 1. The van der Waals surface area contributed by atoms with Crippen LogP contribution in [0.3, 0.4) is 0 Å². The number of halogens is 1. The molecule has 2 saturated heterocycles. The molecule has 0 spiro atoms. The van der Waals surface area contributed by atoms with Crippen LogP contribution < -0.4 is 15.5 Å². The van der Waals surface area contributed by atoms with E-state index in [1.165, 1.54) is 12.8 Å². The third-order valence-corrected chi connectivity index (χ3v) is 5.85. The van der Waals surface area contributed by atoms with Gasteiger partial charge in [0, 0.05) is 37.9 Å². The molecule has 2 aliphatic rings. The predicted octanol–water partition coefficient (Wildman–Crippen LogP) is 3.02. The molecule has 2 aliphatic heterocycles. The number of nitrogens with one attached hydrogen (secondary N) is 2. The van der Waals surface area contributed by atoms with Gasteiger partial charge in [-0.1, -0.05) is 6.07 Å². The Morgan fingerprint density at radius 3 is 2.66 bits per heavy atom. The third-order valence-electron chi connectivity index (χ3n) is 5.85. The molecule has 2 aromatic rings. The first-order valence-corrected chi connectivity index (χ1v) is 11.4. The SMILES string of the molecule is CCNC(=NCc1cccnc1N1CCOCC1)NCC(c1ccco1)N1CCCC1.I. The summed E-state index contributed by atoms with van der Waals surface area (Å²) in [6.07, 6.45) is 6.10. The molecule has 1 atom stereocenters. The standard InChI is InChI=1S/C23H34N6O2.HI/c1-2-24-23(27-18-20(21-8-6-14-31-21)28-10-3-4-11-28)26-17-19-7-5-9-25-22(19)29-12-15-30-16-13-29;/h5-9,14,20H,2-4,10-13,15-18H2,1H3,(H2,24,26,27);1H. The summed E-state index contributed by atoms with van der Waals surface area (Å²) in [5, 5.41) is 6.92. The second-order valence-corrected chi connectivity index (χ2v) is 7.94. The summed E-state index contributed by atoms with van der Waals surface area (Å²) in [6.45, 7) is 9.67. The lowest BCUT2D eigenvalue weighted by Gasteiger charge is -2.29. The predicted molar refractivity (Wildman–Crippen MR) is 138 cm³/mol. The maximum absolute atomic E-state index is 5.75. The van der Waals surface area contributed by atoms with Crippen LogP contribution in [-0.4, -0.2) is 68.3 Å². The third kappa shape index (κ3) is 6.58. The molecule has 4 heterocycles. The molecule has 1 unspecified atom stereocenters. The number of hydrogen-bond donors (Lipinski definition) is 2. The van der Waals surface area contributed by atoms with Crippen LogP contribution >= 0.6 is 24.0 Å². The van der Waals surface area contributed by atoms with Crippen molar-refractivity contribution in [3.63, 3.8) is 0 Å². The van der Waals surface area contributed by atoms with Gasteiger partial charge in [-0.3, -0.25) is 4.90 Å². The number of anilines is 1. The van der Waals surface area contributed by atoms with Crippen molar-refractivity contribution < 1.29 is 9.15 Å². The van der Waals surface area contributed by atoms with E-state index in [1.807, 2.05) is 18.3 Å². The van der Waals surface area contributed by atoms with Crippen LogP contribution in [0, 0.1) is 0 Å². The van der Waals surface area contributed by atoms with E-state index in [0.29, 0.717) is 6.54 Å². The number of aromatic nitrogens is 1. The first kappa shape index (κ1) is 24.8. The Labute approximate surface area is 207 Å². The maximum Gasteiger partial charge on any atom is 0.191 e. The van der Waals surface area contributed by atoms with Crippen molar-refractivity contribution in [1.82, 2.24) is 20.5 Å². The molecule has 32 heavy (non-hydrogen) atoms. The van der Waals surface area contributed by atoms with Crippen LogP contribution in [0.2, 0.25) is 0 Å². The van der Waals surface area contributed by atoms with Gasteiger partial charge in [0.1, 0.15) is 11.6 Å². The minimum Gasteiger partial charge on any atom is -0.468 e. The highest BCUT2D eigenvalue weighted by atomic mass is 127. The van der Waals surface area contributed by atoms with Crippen molar-refractivity contribution in [2.75, 3.05) is 57.4 Å². The highest BCUT2D eigenvalue weighted by Gasteiger charge is 2.25. The summed E-state index contributed by atoms with van der Waals surface area (Å²) in [5.74, 6) is 2.83. The molecule has 0 saturated carbocycles. The number of guanidine groups is 1. The topological polar surface area (TPSA) is 78.2 Å². The molecule has 0 aromatic carbocycles. The Morgan fingerprint density at radius 1 is 1.12 bits per heavy atom. The summed E-state index contributed by atoms with van der Waals surface area (Å²) in [7, 11) is 0. The molecule has 2 fully saturated rings. The van der Waals surface area contributed by atoms with Gasteiger partial charge in [0.15, 0.2) is 5.96 Å². The Balaban J connectivity index is 0.00000289. The number of pyridine rings is 1. The van der Waals surface area contributed by atoms with Gasteiger partial charge in [0.05, 0.1) is 32.1 Å². The zero-order valence-electron chi connectivity index (χ0n) is 18.8. The van der Waals surface area contributed by atoms with Gasteiger partial charge in [0.2, 0.25) is 0 Å². The fourth-order valence-corrected chi connectivity index (χ4v) is 4.26. The van der Waals surface area contributed by atoms with E-state index >= 15 is 0 Å². The highest BCUT2D eigenvalue weighted by Crippen LogP contribution is 2.25. The van der Waals surface area contributed by atoms with Crippen molar-refractivity contribution in [2.24, 2.45) is 4.99 Å². The maximum atomic E-state index is 5.75. The van der Waals surface area contributed by atoms with Gasteiger partial charge in [-0.2, -0.15) is 0 Å². The minimum absolute atomic E-state index is 0. The molecule has 2 aromatic heterocycles. The number of hydrogen-bond acceptors (Lipinski definition) is 6. The van der Waals surface area contributed by atoms with Gasteiger partial charge in [0.25, 0.3) is 0 Å². The summed E-state index contributed by atoms with van der Waals surface area (Å²) in [4.78, 5) is 14.3. The average molecular weight is 554 g/mol. The Bertz CT molecular complexity index is 820. The number of aliphatic imine (C=N–C) groups is 1. The van der Waals surface area contributed by atoms with E-state index in [1.54, 1.807) is 6.26 Å². The molecule has 176 valence electrons. The molecule has 9 heteroatoms. The van der Waals surface area contributed by atoms with Crippen LogP contribution in [0.25, 0.3) is 0 Å². The van der Waals surface area contributed by atoms with Gasteiger partial charge in [-0.05, 0) is 51.1 Å². The zero-order chi connectivity index (χ0) is 21.3. The Hall–Kier alpha value is -1.85. The van der Waals surface area contributed by atoms with E-state index in [0.717, 1.165) is 75.6 Å². The highest BCUT2D eigenvalue weighted by molar-refractivity contribution is 14.0. The Kier molecular flexibility index (Phi) is 10.1. The summed E-state index contributed by atoms with van der Waals surface area (Å²) in [6, 6.07) is 8.34. The lowest BCUT2D eigenvalue weighted by atomic mass is 10.2. The van der Waals surface area contributed by atoms with E-state index < -0.39 is 0 Å². The monoisotopic (exact) mass is 554 g/mol. The number of nitrogens with zero attached hydrogens (tertiary/aromatic N) is 4. The van der Waals surface area contributed by atoms with E-state index in [2.05, 4.69) is 44.5 Å². The van der Waals surface area contributed by atoms with Crippen LogP contribution in [0.4, 0.5) is 5.82 Å². The van der Waals surface area contributed by atoms with Crippen molar-refractivity contribution >= 4 is 35.8 Å². The zero-order valence-corrected chi connectivity index (χ0v) is 21.2. The molecule has 0 bridgehead atoms. The molecule has 2 N–H and O–H groups in total. The fraction of sp³-hybridized carbons (Fsp3) is 0.565. The molecular formula is C23H35IN6O2. The quantitative estimate of drug-likeness (QED) is 0.295. The Morgan fingerprint density at radius 2 is 1.94 bits per heavy atom.